The van der Waals surface area contributed by atoms with Crippen LogP contribution in [0.25, 0.3) is 0 Å². The molecule has 30 atom stereocenters. The van der Waals surface area contributed by atoms with Gasteiger partial charge in [0.25, 0.3) is 0 Å². The highest BCUT2D eigenvalue weighted by Gasteiger charge is 2.66. The quantitative estimate of drug-likeness (QED) is 0.0567. The second-order valence-electron chi connectivity index (χ2n) is 19.1. The Morgan fingerprint density at radius 3 is 1.34 bits per heavy atom. The number of nitrogens with one attached hydrogen (secondary N) is 3. The van der Waals surface area contributed by atoms with Crippen LogP contribution in [0.4, 0.5) is 0 Å². The lowest BCUT2D eigenvalue weighted by Crippen LogP contribution is -2.76. The normalized spacial score (nSPS) is 49.1. The molecule has 6 heterocycles. The van der Waals surface area contributed by atoms with Crippen molar-refractivity contribution in [3.8, 4) is 0 Å². The molecule has 6 fully saturated rings. The minimum Gasteiger partial charge on any atom is -0.394 e. The summed E-state index contributed by atoms with van der Waals surface area (Å²) in [5, 5.41) is 194. The van der Waals surface area contributed by atoms with Crippen LogP contribution in [0.15, 0.2) is 0 Å². The Bertz CT molecular complexity index is 1850. The number of hydrogen-bond donors (Lipinski definition) is 20. The smallest absolute Gasteiger partial charge is 0.314 e. The lowest BCUT2D eigenvalue weighted by Gasteiger charge is -2.56. The first kappa shape index (κ1) is 62.5. The molecule has 20 N–H and O–H groups in total. The Kier molecular flexibility index (Phi) is 21.6. The summed E-state index contributed by atoms with van der Waals surface area (Å²) in [7, 11) is 0. The third kappa shape index (κ3) is 13.2. The first-order valence-electron chi connectivity index (χ1n) is 24.1. The summed E-state index contributed by atoms with van der Waals surface area (Å²) in [4.78, 5) is 37.8. The molecule has 440 valence electrons. The zero-order chi connectivity index (χ0) is 56.4. The number of rotatable bonds is 18. The van der Waals surface area contributed by atoms with E-state index in [0.29, 0.717) is 0 Å². The fourth-order valence-electron chi connectivity index (χ4n) is 9.63. The van der Waals surface area contributed by atoms with Crippen molar-refractivity contribution in [2.45, 2.75) is 211 Å². The molecule has 3 amide bonds. The van der Waals surface area contributed by atoms with Crippen molar-refractivity contribution >= 4 is 17.7 Å². The minimum atomic E-state index is -3.60. The van der Waals surface area contributed by atoms with Crippen LogP contribution in [0.1, 0.15) is 27.7 Å². The Labute approximate surface area is 431 Å². The molecule has 0 aromatic heterocycles. The summed E-state index contributed by atoms with van der Waals surface area (Å²) in [5.41, 5.74) is 0. The van der Waals surface area contributed by atoms with Crippen LogP contribution in [0, 0.1) is 0 Å². The van der Waals surface area contributed by atoms with E-state index in [1.807, 2.05) is 0 Å². The van der Waals surface area contributed by atoms with Crippen molar-refractivity contribution < 1.29 is 153 Å². The molecule has 34 nitrogen and oxygen atoms in total. The molecule has 6 saturated heterocycles. The maximum absolute atomic E-state index is 13.0. The molecule has 76 heavy (non-hydrogen) atoms. The standard InChI is InChI=1S/C42H71N3O31/c1-10-22(53)28(59)30(61)40(67-10)66-9-18-24(55)29(60)31(62)41(71-18)72-32-17(8-49)74-42(75-33-20(44-12(3)51)37(64)68-15(6-47)25(33)56,76-34-21(45-13(4)52)38(65)69-16(7-48)26(34)57)36(63)35(32)73-39-19(43-11(2)50)27(58)23(54)14(5-46)70-39/h10,14-41,46-49,53-65H,5-9H2,1-4H3,(H,43,50)(H,44,51)(H,45,52)/t10-,14+,15+,16+,17+,18+,19+,20+,21+,22-,23+,24+,25+,26+,27+,28+,29-,30+,31+,32-,33+,34+,35-,36+,37-,38+,39-,40+,41+,42?/m0/s1. The second-order valence-corrected chi connectivity index (χ2v) is 19.1. The second kappa shape index (κ2) is 26.3. The van der Waals surface area contributed by atoms with Crippen LogP contribution >= 0.6 is 0 Å². The Balaban J connectivity index is 1.50. The summed E-state index contributed by atoms with van der Waals surface area (Å²) in [6.45, 7) is -1.22. The van der Waals surface area contributed by atoms with Gasteiger partial charge in [-0.25, -0.2) is 0 Å². The zero-order valence-electron chi connectivity index (χ0n) is 41.1. The van der Waals surface area contributed by atoms with Crippen LogP contribution in [0.5, 0.6) is 0 Å². The van der Waals surface area contributed by atoms with Gasteiger partial charge >= 0.3 is 5.97 Å². The molecular weight excluding hydrogens is 1040 g/mol. The third-order valence-corrected chi connectivity index (χ3v) is 13.7. The van der Waals surface area contributed by atoms with Crippen LogP contribution in [-0.2, 0) is 66.5 Å². The highest BCUT2D eigenvalue weighted by atomic mass is 16.9. The average Bonchev–Trinajstić information content (AvgIpc) is 3.38. The number of ether oxygens (including phenoxy) is 11. The molecule has 34 heteroatoms. The molecule has 0 aromatic carbocycles. The molecule has 6 aliphatic rings. The first-order valence-corrected chi connectivity index (χ1v) is 24.1. The lowest BCUT2D eigenvalue weighted by molar-refractivity contribution is -0.506. The Morgan fingerprint density at radius 2 is 0.855 bits per heavy atom. The maximum Gasteiger partial charge on any atom is 0.314 e. The molecule has 0 aliphatic carbocycles. The van der Waals surface area contributed by atoms with Crippen molar-refractivity contribution in [3.63, 3.8) is 0 Å². The summed E-state index contributed by atoms with van der Waals surface area (Å²) in [6, 6.07) is -5.78. The molecule has 0 bridgehead atoms. The highest BCUT2D eigenvalue weighted by Crippen LogP contribution is 2.43. The highest BCUT2D eigenvalue weighted by molar-refractivity contribution is 5.74. The van der Waals surface area contributed by atoms with Gasteiger partial charge in [0.1, 0.15) is 134 Å². The number of carbonyl (C=O) groups is 3. The van der Waals surface area contributed by atoms with Gasteiger partial charge in [-0.3, -0.25) is 14.4 Å². The van der Waals surface area contributed by atoms with Crippen LogP contribution in [0.3, 0.4) is 0 Å². The van der Waals surface area contributed by atoms with Gasteiger partial charge in [0, 0.05) is 20.8 Å². The topological polar surface area (TPSA) is 533 Å². The third-order valence-electron chi connectivity index (χ3n) is 13.7. The van der Waals surface area contributed by atoms with Crippen LogP contribution in [0.2, 0.25) is 0 Å². The van der Waals surface area contributed by atoms with E-state index in [0.717, 1.165) is 20.8 Å². The number of amides is 3. The van der Waals surface area contributed by atoms with Gasteiger partial charge in [0.2, 0.25) is 17.7 Å². The molecule has 0 spiro atoms. The number of aliphatic hydroxyl groups excluding tert-OH is 17. The average molecular weight is 1110 g/mol. The largest absolute Gasteiger partial charge is 0.394 e. The predicted molar refractivity (Wildman–Crippen MR) is 234 cm³/mol. The Morgan fingerprint density at radius 1 is 0.434 bits per heavy atom. The summed E-state index contributed by atoms with van der Waals surface area (Å²) in [6.07, 6.45) is -53.4. The molecule has 6 rings (SSSR count). The number of hydrogen-bond acceptors (Lipinski definition) is 31. The van der Waals surface area contributed by atoms with E-state index in [1.165, 1.54) is 6.92 Å². The number of carbonyl (C=O) groups excluding carboxylic acids is 3. The van der Waals surface area contributed by atoms with E-state index < -0.39 is 234 Å². The maximum atomic E-state index is 13.0. The SMILES string of the molecule is CC(=O)N[C@@H]1[C@@H](OC2(O[C@H]3[C@H](O)[C@@H](CO)O[C@H](O)[C@@H]3NC(C)=O)O[C@H](CO)[C@H](O[C@H]3O[C@H](CO[C@@H]4O[C@@H](C)[C@H](O)[C@@H](O)[C@H]4O)[C@@H](O)[C@H](O)[C@H]3O)[C@H](O[C@@H]3O[C@H](CO)[C@@H](O)[C@H](O)[C@H]3NC(C)=O)[C@H]2O)[C@H](O)[C@@H](CO)O[C@H]1O. The van der Waals surface area contributed by atoms with E-state index in [9.17, 15) is 101 Å². The van der Waals surface area contributed by atoms with Gasteiger partial charge in [-0.2, -0.15) is 0 Å². The van der Waals surface area contributed by atoms with E-state index in [-0.39, 0.29) is 0 Å². The zero-order valence-corrected chi connectivity index (χ0v) is 41.1. The fourth-order valence-corrected chi connectivity index (χ4v) is 9.63. The fraction of sp³-hybridized carbons (Fsp3) is 0.929. The first-order chi connectivity index (χ1) is 35.7. The van der Waals surface area contributed by atoms with Crippen molar-refractivity contribution in [2.24, 2.45) is 0 Å². The van der Waals surface area contributed by atoms with E-state index >= 15 is 0 Å². The Hall–Kier alpha value is -2.71. The van der Waals surface area contributed by atoms with Crippen molar-refractivity contribution in [3.05, 3.63) is 0 Å². The molecular formula is C42H71N3O31. The van der Waals surface area contributed by atoms with Crippen LogP contribution < -0.4 is 16.0 Å². The van der Waals surface area contributed by atoms with Crippen molar-refractivity contribution in [1.82, 2.24) is 16.0 Å². The summed E-state index contributed by atoms with van der Waals surface area (Å²) >= 11 is 0. The monoisotopic (exact) mass is 1110 g/mol. The summed E-state index contributed by atoms with van der Waals surface area (Å²) in [5.74, 6) is -6.35. The van der Waals surface area contributed by atoms with Gasteiger partial charge in [0.15, 0.2) is 37.6 Å². The minimum absolute atomic E-state index is 0.843. The molecule has 0 aromatic rings. The van der Waals surface area contributed by atoms with E-state index in [2.05, 4.69) is 16.0 Å². The van der Waals surface area contributed by atoms with E-state index in [4.69, 9.17) is 52.1 Å². The van der Waals surface area contributed by atoms with Crippen LogP contribution in [-0.4, -0.2) is 321 Å². The summed E-state index contributed by atoms with van der Waals surface area (Å²) < 4.78 is 64.3. The van der Waals surface area contributed by atoms with Gasteiger partial charge in [0.05, 0.1) is 39.1 Å². The van der Waals surface area contributed by atoms with E-state index in [1.54, 1.807) is 0 Å². The predicted octanol–water partition coefficient (Wildman–Crippen LogP) is -13.3. The molecule has 0 saturated carbocycles. The van der Waals surface area contributed by atoms with Gasteiger partial charge in [-0.05, 0) is 6.92 Å². The van der Waals surface area contributed by atoms with Gasteiger partial charge in [-0.1, -0.05) is 0 Å². The molecule has 1 unspecified atom stereocenters. The van der Waals surface area contributed by atoms with Gasteiger partial charge < -0.3 is 155 Å². The van der Waals surface area contributed by atoms with Crippen molar-refractivity contribution in [2.75, 3.05) is 33.0 Å². The lowest BCUT2D eigenvalue weighted by atomic mass is 9.92. The molecule has 0 radical (unpaired) electrons. The van der Waals surface area contributed by atoms with Gasteiger partial charge in [-0.15, -0.1) is 0 Å². The number of aliphatic hydroxyl groups is 17. The molecule has 6 aliphatic heterocycles. The van der Waals surface area contributed by atoms with Crippen molar-refractivity contribution in [1.29, 1.82) is 0 Å².